The van der Waals surface area contributed by atoms with Gasteiger partial charge in [-0.3, -0.25) is 4.79 Å². The third-order valence-corrected chi connectivity index (χ3v) is 4.13. The average Bonchev–Trinajstić information content (AvgIpc) is 2.89. The standard InChI is InChI=1S/C16H24N2O/c1-12-5-7-13(8-6-12)9-10-18-16(19)15-4-2-3-14(15)11-17/h5-8,14-15H,2-4,9-11,17H2,1H3,(H,18,19)/t14-,15-/m1/s1. The van der Waals surface area contributed by atoms with Crippen LogP contribution in [0.4, 0.5) is 0 Å². The van der Waals surface area contributed by atoms with Gasteiger partial charge in [0.2, 0.25) is 5.91 Å². The normalized spacial score (nSPS) is 22.4. The van der Waals surface area contributed by atoms with Crippen LogP contribution in [0.3, 0.4) is 0 Å². The van der Waals surface area contributed by atoms with Gasteiger partial charge in [-0.25, -0.2) is 0 Å². The number of hydrogen-bond acceptors (Lipinski definition) is 2. The molecule has 1 aromatic carbocycles. The second-order valence-corrected chi connectivity index (χ2v) is 5.56. The molecule has 3 heteroatoms. The van der Waals surface area contributed by atoms with E-state index in [-0.39, 0.29) is 11.8 Å². The van der Waals surface area contributed by atoms with E-state index in [0.29, 0.717) is 12.5 Å². The summed E-state index contributed by atoms with van der Waals surface area (Å²) in [5.41, 5.74) is 8.25. The van der Waals surface area contributed by atoms with Crippen LogP contribution >= 0.6 is 0 Å². The molecular formula is C16H24N2O. The van der Waals surface area contributed by atoms with Crippen molar-refractivity contribution >= 4 is 5.91 Å². The summed E-state index contributed by atoms with van der Waals surface area (Å²) in [6.45, 7) is 3.43. The lowest BCUT2D eigenvalue weighted by Crippen LogP contribution is -2.36. The number of aryl methyl sites for hydroxylation is 1. The first kappa shape index (κ1) is 14.1. The van der Waals surface area contributed by atoms with Gasteiger partial charge >= 0.3 is 0 Å². The van der Waals surface area contributed by atoms with E-state index in [1.165, 1.54) is 11.1 Å². The maximum atomic E-state index is 12.1. The second kappa shape index (κ2) is 6.71. The summed E-state index contributed by atoms with van der Waals surface area (Å²) in [4.78, 5) is 12.1. The van der Waals surface area contributed by atoms with Gasteiger partial charge in [0, 0.05) is 12.5 Å². The summed E-state index contributed by atoms with van der Waals surface area (Å²) in [7, 11) is 0. The van der Waals surface area contributed by atoms with E-state index in [1.807, 2.05) is 0 Å². The van der Waals surface area contributed by atoms with Gasteiger partial charge in [0.05, 0.1) is 0 Å². The Labute approximate surface area is 115 Å². The van der Waals surface area contributed by atoms with Crippen molar-refractivity contribution in [3.63, 3.8) is 0 Å². The molecular weight excluding hydrogens is 236 g/mol. The van der Waals surface area contributed by atoms with E-state index in [9.17, 15) is 4.79 Å². The topological polar surface area (TPSA) is 55.1 Å². The Bertz CT molecular complexity index is 413. The molecule has 104 valence electrons. The molecule has 2 rings (SSSR count). The molecule has 0 saturated heterocycles. The van der Waals surface area contributed by atoms with Gasteiger partial charge in [-0.15, -0.1) is 0 Å². The van der Waals surface area contributed by atoms with Gasteiger partial charge in [-0.05, 0) is 44.2 Å². The number of amides is 1. The fraction of sp³-hybridized carbons (Fsp3) is 0.562. The SMILES string of the molecule is Cc1ccc(CCNC(=O)[C@@H]2CCC[C@@H]2CN)cc1. The number of carbonyl (C=O) groups is 1. The van der Waals surface area contributed by atoms with Crippen molar-refractivity contribution in [3.05, 3.63) is 35.4 Å². The molecule has 0 radical (unpaired) electrons. The lowest BCUT2D eigenvalue weighted by atomic mass is 9.95. The van der Waals surface area contributed by atoms with Crippen molar-refractivity contribution in [1.82, 2.24) is 5.32 Å². The Hall–Kier alpha value is -1.35. The Kier molecular flexibility index (Phi) is 4.97. The Morgan fingerprint density at radius 1 is 1.32 bits per heavy atom. The van der Waals surface area contributed by atoms with Crippen LogP contribution in [0.2, 0.25) is 0 Å². The van der Waals surface area contributed by atoms with Gasteiger partial charge in [0.1, 0.15) is 0 Å². The number of nitrogens with one attached hydrogen (secondary N) is 1. The molecule has 1 aromatic rings. The second-order valence-electron chi connectivity index (χ2n) is 5.56. The van der Waals surface area contributed by atoms with E-state index in [4.69, 9.17) is 5.73 Å². The van der Waals surface area contributed by atoms with E-state index in [2.05, 4.69) is 36.5 Å². The minimum Gasteiger partial charge on any atom is -0.356 e. The molecule has 1 saturated carbocycles. The molecule has 1 amide bonds. The molecule has 0 aliphatic heterocycles. The Balaban J connectivity index is 1.76. The highest BCUT2D eigenvalue weighted by molar-refractivity contribution is 5.79. The van der Waals surface area contributed by atoms with Crippen LogP contribution in [0.15, 0.2) is 24.3 Å². The van der Waals surface area contributed by atoms with Crippen LogP contribution in [-0.4, -0.2) is 19.0 Å². The summed E-state index contributed by atoms with van der Waals surface area (Å²) >= 11 is 0. The number of benzene rings is 1. The molecule has 0 aromatic heterocycles. The fourth-order valence-corrected chi connectivity index (χ4v) is 2.88. The number of hydrogen-bond donors (Lipinski definition) is 2. The first-order chi connectivity index (χ1) is 9.20. The van der Waals surface area contributed by atoms with E-state index in [0.717, 1.165) is 32.2 Å². The highest BCUT2D eigenvalue weighted by Crippen LogP contribution is 2.30. The van der Waals surface area contributed by atoms with Gasteiger partial charge < -0.3 is 11.1 Å². The van der Waals surface area contributed by atoms with Crippen LogP contribution in [0.5, 0.6) is 0 Å². The minimum atomic E-state index is 0.142. The molecule has 1 aliphatic rings. The smallest absolute Gasteiger partial charge is 0.223 e. The van der Waals surface area contributed by atoms with Crippen molar-refractivity contribution in [2.24, 2.45) is 17.6 Å². The lowest BCUT2D eigenvalue weighted by Gasteiger charge is -2.17. The number of carbonyl (C=O) groups excluding carboxylic acids is 1. The Morgan fingerprint density at radius 3 is 2.74 bits per heavy atom. The van der Waals surface area contributed by atoms with Crippen LogP contribution in [0.1, 0.15) is 30.4 Å². The molecule has 0 spiro atoms. The zero-order valence-electron chi connectivity index (χ0n) is 11.7. The maximum Gasteiger partial charge on any atom is 0.223 e. The summed E-state index contributed by atoms with van der Waals surface area (Å²) < 4.78 is 0. The van der Waals surface area contributed by atoms with Crippen LogP contribution in [-0.2, 0) is 11.2 Å². The largest absolute Gasteiger partial charge is 0.356 e. The summed E-state index contributed by atoms with van der Waals surface area (Å²) in [6.07, 6.45) is 4.13. The predicted molar refractivity (Wildman–Crippen MR) is 77.8 cm³/mol. The quantitative estimate of drug-likeness (QED) is 0.851. The first-order valence-electron chi connectivity index (χ1n) is 7.24. The van der Waals surface area contributed by atoms with E-state index in [1.54, 1.807) is 0 Å². The summed E-state index contributed by atoms with van der Waals surface area (Å²) in [5, 5.41) is 3.06. The molecule has 3 nitrogen and oxygen atoms in total. The number of rotatable bonds is 5. The van der Waals surface area contributed by atoms with Crippen molar-refractivity contribution in [1.29, 1.82) is 0 Å². The highest BCUT2D eigenvalue weighted by atomic mass is 16.1. The predicted octanol–water partition coefficient (Wildman–Crippen LogP) is 2.03. The third-order valence-electron chi connectivity index (χ3n) is 4.13. The van der Waals surface area contributed by atoms with Crippen molar-refractivity contribution < 1.29 is 4.79 Å². The Morgan fingerprint density at radius 2 is 2.05 bits per heavy atom. The zero-order chi connectivity index (χ0) is 13.7. The molecule has 2 atom stereocenters. The highest BCUT2D eigenvalue weighted by Gasteiger charge is 2.31. The fourth-order valence-electron chi connectivity index (χ4n) is 2.88. The molecule has 19 heavy (non-hydrogen) atoms. The van der Waals surface area contributed by atoms with Crippen LogP contribution in [0, 0.1) is 18.8 Å². The molecule has 0 unspecified atom stereocenters. The first-order valence-corrected chi connectivity index (χ1v) is 7.24. The van der Waals surface area contributed by atoms with Crippen molar-refractivity contribution in [2.45, 2.75) is 32.6 Å². The molecule has 3 N–H and O–H groups in total. The van der Waals surface area contributed by atoms with Gasteiger partial charge in [0.15, 0.2) is 0 Å². The molecule has 1 fully saturated rings. The number of nitrogens with two attached hydrogens (primary N) is 1. The summed E-state index contributed by atoms with van der Waals surface area (Å²) in [5.74, 6) is 0.724. The zero-order valence-corrected chi connectivity index (χ0v) is 11.7. The molecule has 0 heterocycles. The summed E-state index contributed by atoms with van der Waals surface area (Å²) in [6, 6.07) is 8.47. The third kappa shape index (κ3) is 3.80. The van der Waals surface area contributed by atoms with Crippen molar-refractivity contribution in [3.8, 4) is 0 Å². The maximum absolute atomic E-state index is 12.1. The lowest BCUT2D eigenvalue weighted by molar-refractivity contribution is -0.125. The van der Waals surface area contributed by atoms with Crippen LogP contribution < -0.4 is 11.1 Å². The molecule has 0 bridgehead atoms. The van der Waals surface area contributed by atoms with E-state index < -0.39 is 0 Å². The monoisotopic (exact) mass is 260 g/mol. The van der Waals surface area contributed by atoms with Crippen LogP contribution in [0.25, 0.3) is 0 Å². The minimum absolute atomic E-state index is 0.142. The van der Waals surface area contributed by atoms with Gasteiger partial charge in [-0.1, -0.05) is 36.2 Å². The molecule has 1 aliphatic carbocycles. The van der Waals surface area contributed by atoms with Gasteiger partial charge in [-0.2, -0.15) is 0 Å². The van der Waals surface area contributed by atoms with Gasteiger partial charge in [0.25, 0.3) is 0 Å². The average molecular weight is 260 g/mol. The van der Waals surface area contributed by atoms with E-state index >= 15 is 0 Å². The van der Waals surface area contributed by atoms with Crippen molar-refractivity contribution in [2.75, 3.05) is 13.1 Å².